The van der Waals surface area contributed by atoms with Crippen molar-refractivity contribution in [1.82, 2.24) is 10.2 Å². The fraction of sp³-hybridized carbons (Fsp3) is 0.750. The van der Waals surface area contributed by atoms with E-state index in [-0.39, 0.29) is 19.3 Å². The average Bonchev–Trinajstić information content (AvgIpc) is 2.28. The first-order chi connectivity index (χ1) is 8.47. The summed E-state index contributed by atoms with van der Waals surface area (Å²) in [5.74, 6) is -1.66. The van der Waals surface area contributed by atoms with E-state index in [1.165, 1.54) is 0 Å². The summed E-state index contributed by atoms with van der Waals surface area (Å²) in [6.07, 6.45) is 1.22. The lowest BCUT2D eigenvalue weighted by Crippen LogP contribution is -2.58. The van der Waals surface area contributed by atoms with Gasteiger partial charge in [-0.2, -0.15) is 0 Å². The monoisotopic (exact) mass is 256 g/mol. The molecule has 1 saturated heterocycles. The number of hydrogen-bond acceptors (Lipinski definition) is 4. The van der Waals surface area contributed by atoms with Crippen molar-refractivity contribution in [2.24, 2.45) is 5.92 Å². The van der Waals surface area contributed by atoms with Gasteiger partial charge in [-0.05, 0) is 20.3 Å². The second-order valence-electron chi connectivity index (χ2n) is 4.55. The maximum absolute atomic E-state index is 12.0. The molecule has 1 heterocycles. The van der Waals surface area contributed by atoms with Gasteiger partial charge in [-0.25, -0.2) is 4.79 Å². The van der Waals surface area contributed by atoms with Crippen LogP contribution < -0.4 is 5.32 Å². The Morgan fingerprint density at radius 3 is 2.56 bits per heavy atom. The van der Waals surface area contributed by atoms with Crippen LogP contribution in [0.3, 0.4) is 0 Å². The summed E-state index contributed by atoms with van der Waals surface area (Å²) >= 11 is 0. The van der Waals surface area contributed by atoms with E-state index in [9.17, 15) is 14.4 Å². The summed E-state index contributed by atoms with van der Waals surface area (Å²) in [6, 6.07) is -0.648. The van der Waals surface area contributed by atoms with Gasteiger partial charge in [0.15, 0.2) is 0 Å². The predicted molar refractivity (Wildman–Crippen MR) is 64.7 cm³/mol. The van der Waals surface area contributed by atoms with Gasteiger partial charge in [0.1, 0.15) is 5.92 Å². The summed E-state index contributed by atoms with van der Waals surface area (Å²) in [5, 5.41) is 2.20. The Morgan fingerprint density at radius 2 is 2.00 bits per heavy atom. The maximum atomic E-state index is 12.0. The number of rotatable bonds is 6. The van der Waals surface area contributed by atoms with Crippen LogP contribution in [0.2, 0.25) is 0 Å². The Morgan fingerprint density at radius 1 is 1.33 bits per heavy atom. The smallest absolute Gasteiger partial charge is 0.330 e. The predicted octanol–water partition coefficient (Wildman–Crippen LogP) is 0.906. The maximum Gasteiger partial charge on any atom is 0.330 e. The van der Waals surface area contributed by atoms with E-state index >= 15 is 0 Å². The van der Waals surface area contributed by atoms with Crippen molar-refractivity contribution in [3.63, 3.8) is 0 Å². The summed E-state index contributed by atoms with van der Waals surface area (Å²) in [5.41, 5.74) is 0. The number of carbonyl (C=O) groups excluding carboxylic acids is 3. The van der Waals surface area contributed by atoms with Crippen molar-refractivity contribution in [2.75, 3.05) is 13.2 Å². The molecule has 6 heteroatoms. The third-order valence-electron chi connectivity index (χ3n) is 2.70. The minimum Gasteiger partial charge on any atom is -0.377 e. The molecule has 1 N–H and O–H groups in total. The number of barbiturate groups is 1. The molecule has 1 unspecified atom stereocenters. The van der Waals surface area contributed by atoms with Crippen LogP contribution in [-0.4, -0.2) is 42.0 Å². The van der Waals surface area contributed by atoms with Gasteiger partial charge >= 0.3 is 6.03 Å². The van der Waals surface area contributed by atoms with Crippen molar-refractivity contribution in [3.05, 3.63) is 0 Å². The van der Waals surface area contributed by atoms with E-state index in [1.54, 1.807) is 0 Å². The summed E-state index contributed by atoms with van der Waals surface area (Å²) in [4.78, 5) is 36.1. The number of urea groups is 1. The molecule has 1 fully saturated rings. The minimum atomic E-state index is -0.744. The van der Waals surface area contributed by atoms with E-state index in [1.807, 2.05) is 20.8 Å². The van der Waals surface area contributed by atoms with Crippen LogP contribution in [-0.2, 0) is 14.3 Å². The molecule has 6 nitrogen and oxygen atoms in total. The molecule has 0 bridgehead atoms. The number of nitrogens with zero attached hydrogens (tertiary/aromatic N) is 1. The fourth-order valence-corrected chi connectivity index (χ4v) is 1.80. The van der Waals surface area contributed by atoms with Gasteiger partial charge in [-0.15, -0.1) is 0 Å². The van der Waals surface area contributed by atoms with Crippen molar-refractivity contribution in [2.45, 2.75) is 39.7 Å². The SMILES string of the molecule is CCCC1C(=O)NC(=O)N(CCOC(C)C)C1=O. The van der Waals surface area contributed by atoms with Gasteiger partial charge in [0.05, 0.1) is 19.3 Å². The number of imide groups is 2. The molecule has 0 radical (unpaired) electrons. The molecule has 0 spiro atoms. The van der Waals surface area contributed by atoms with Gasteiger partial charge in [0.25, 0.3) is 0 Å². The number of ether oxygens (including phenoxy) is 1. The Kier molecular flexibility index (Phi) is 5.27. The van der Waals surface area contributed by atoms with Crippen molar-refractivity contribution < 1.29 is 19.1 Å². The zero-order chi connectivity index (χ0) is 13.7. The van der Waals surface area contributed by atoms with Crippen molar-refractivity contribution in [1.29, 1.82) is 0 Å². The van der Waals surface area contributed by atoms with E-state index < -0.39 is 23.8 Å². The standard InChI is InChI=1S/C12H20N2O4/c1-4-5-9-10(15)13-12(17)14(11(9)16)6-7-18-8(2)3/h8-9H,4-7H2,1-3H3,(H,13,15,17). The molecule has 102 valence electrons. The summed E-state index contributed by atoms with van der Waals surface area (Å²) in [7, 11) is 0. The third kappa shape index (κ3) is 3.53. The van der Waals surface area contributed by atoms with Gasteiger partial charge in [-0.1, -0.05) is 13.3 Å². The molecule has 18 heavy (non-hydrogen) atoms. The zero-order valence-electron chi connectivity index (χ0n) is 11.1. The molecular weight excluding hydrogens is 236 g/mol. The lowest BCUT2D eigenvalue weighted by Gasteiger charge is -2.30. The Labute approximate surface area is 107 Å². The minimum absolute atomic E-state index is 0.0426. The molecule has 1 aliphatic rings. The quantitative estimate of drug-likeness (QED) is 0.717. The first-order valence-corrected chi connectivity index (χ1v) is 6.25. The lowest BCUT2D eigenvalue weighted by molar-refractivity contribution is -0.143. The lowest BCUT2D eigenvalue weighted by atomic mass is 9.99. The average molecular weight is 256 g/mol. The van der Waals surface area contributed by atoms with Crippen LogP contribution in [0.5, 0.6) is 0 Å². The molecule has 0 aromatic rings. The highest BCUT2D eigenvalue weighted by Gasteiger charge is 2.39. The summed E-state index contributed by atoms with van der Waals surface area (Å²) in [6.45, 7) is 6.10. The van der Waals surface area contributed by atoms with E-state index in [0.29, 0.717) is 12.8 Å². The van der Waals surface area contributed by atoms with E-state index in [4.69, 9.17) is 4.74 Å². The number of hydrogen-bond donors (Lipinski definition) is 1. The third-order valence-corrected chi connectivity index (χ3v) is 2.70. The molecule has 0 aliphatic carbocycles. The van der Waals surface area contributed by atoms with Crippen molar-refractivity contribution >= 4 is 17.8 Å². The Hall–Kier alpha value is -1.43. The Balaban J connectivity index is 2.62. The van der Waals surface area contributed by atoms with Gasteiger partial charge in [0.2, 0.25) is 11.8 Å². The molecule has 4 amide bonds. The number of amides is 4. The number of carbonyl (C=O) groups is 3. The fourth-order valence-electron chi connectivity index (χ4n) is 1.80. The van der Waals surface area contributed by atoms with Gasteiger partial charge in [0, 0.05) is 0 Å². The van der Waals surface area contributed by atoms with E-state index in [0.717, 1.165) is 4.90 Å². The molecule has 1 rings (SSSR count). The highest BCUT2D eigenvalue weighted by molar-refractivity contribution is 6.16. The molecule has 0 aromatic carbocycles. The molecule has 0 aromatic heterocycles. The largest absolute Gasteiger partial charge is 0.377 e. The highest BCUT2D eigenvalue weighted by atomic mass is 16.5. The van der Waals surface area contributed by atoms with Crippen molar-refractivity contribution in [3.8, 4) is 0 Å². The molecule has 1 aliphatic heterocycles. The van der Waals surface area contributed by atoms with Crippen LogP contribution in [0.1, 0.15) is 33.6 Å². The molecule has 0 saturated carbocycles. The van der Waals surface area contributed by atoms with Crippen LogP contribution in [0, 0.1) is 5.92 Å². The van der Waals surface area contributed by atoms with Crippen LogP contribution in [0.15, 0.2) is 0 Å². The first-order valence-electron chi connectivity index (χ1n) is 6.25. The second kappa shape index (κ2) is 6.49. The van der Waals surface area contributed by atoms with E-state index in [2.05, 4.69) is 5.32 Å². The van der Waals surface area contributed by atoms with Gasteiger partial charge in [-0.3, -0.25) is 19.8 Å². The zero-order valence-corrected chi connectivity index (χ0v) is 11.1. The van der Waals surface area contributed by atoms with Crippen LogP contribution in [0.4, 0.5) is 4.79 Å². The first kappa shape index (κ1) is 14.6. The number of nitrogens with one attached hydrogen (secondary N) is 1. The molecular formula is C12H20N2O4. The summed E-state index contributed by atoms with van der Waals surface area (Å²) < 4.78 is 5.30. The Bertz CT molecular complexity index is 341. The second-order valence-corrected chi connectivity index (χ2v) is 4.55. The normalized spacial score (nSPS) is 20.6. The van der Waals surface area contributed by atoms with Crippen LogP contribution >= 0.6 is 0 Å². The molecule has 1 atom stereocenters. The highest BCUT2D eigenvalue weighted by Crippen LogP contribution is 2.15. The van der Waals surface area contributed by atoms with Crippen LogP contribution in [0.25, 0.3) is 0 Å². The topological polar surface area (TPSA) is 75.7 Å². The van der Waals surface area contributed by atoms with Gasteiger partial charge < -0.3 is 4.74 Å².